The van der Waals surface area contributed by atoms with Crippen LogP contribution in [0.1, 0.15) is 36.7 Å². The number of carbonyl (C=O) groups is 1. The molecular weight excluding hydrogens is 330 g/mol. The highest BCUT2D eigenvalue weighted by atomic mass is 16.5. The highest BCUT2D eigenvalue weighted by molar-refractivity contribution is 6.10. The van der Waals surface area contributed by atoms with Crippen molar-refractivity contribution in [3.8, 4) is 17.2 Å². The van der Waals surface area contributed by atoms with Crippen LogP contribution in [0, 0.1) is 0 Å². The summed E-state index contributed by atoms with van der Waals surface area (Å²) in [7, 11) is 3.10. The van der Waals surface area contributed by atoms with Crippen molar-refractivity contribution in [2.45, 2.75) is 26.3 Å². The number of benzene rings is 2. The van der Waals surface area contributed by atoms with Gasteiger partial charge in [0.25, 0.3) is 5.91 Å². The van der Waals surface area contributed by atoms with Crippen LogP contribution in [0.2, 0.25) is 0 Å². The van der Waals surface area contributed by atoms with E-state index in [0.29, 0.717) is 17.1 Å². The number of amides is 1. The summed E-state index contributed by atoms with van der Waals surface area (Å²) in [5.41, 5.74) is 2.63. The lowest BCUT2D eigenvalue weighted by molar-refractivity contribution is 0.0969. The van der Waals surface area contributed by atoms with Crippen molar-refractivity contribution < 1.29 is 19.4 Å². The normalized spacial score (nSPS) is 15.1. The number of aromatic hydroxyl groups is 1. The lowest BCUT2D eigenvalue weighted by Gasteiger charge is -2.41. The number of phenols is 1. The topological polar surface area (TPSA) is 59.0 Å². The minimum atomic E-state index is -0.516. The molecule has 5 heteroatoms. The van der Waals surface area contributed by atoms with Crippen LogP contribution in [-0.2, 0) is 0 Å². The quantitative estimate of drug-likeness (QED) is 0.896. The summed E-state index contributed by atoms with van der Waals surface area (Å²) in [6, 6.07) is 10.2. The maximum Gasteiger partial charge on any atom is 0.259 e. The molecule has 26 heavy (non-hydrogen) atoms. The zero-order chi connectivity index (χ0) is 19.1. The second-order valence-electron chi connectivity index (χ2n) is 6.89. The van der Waals surface area contributed by atoms with Crippen molar-refractivity contribution in [2.24, 2.45) is 0 Å². The molecule has 0 saturated carbocycles. The monoisotopic (exact) mass is 353 g/mol. The van der Waals surface area contributed by atoms with E-state index in [1.165, 1.54) is 0 Å². The van der Waals surface area contributed by atoms with Gasteiger partial charge in [-0.1, -0.05) is 6.08 Å². The van der Waals surface area contributed by atoms with Gasteiger partial charge >= 0.3 is 0 Å². The predicted molar refractivity (Wildman–Crippen MR) is 102 cm³/mol. The second-order valence-corrected chi connectivity index (χ2v) is 6.89. The van der Waals surface area contributed by atoms with E-state index in [2.05, 4.69) is 0 Å². The van der Waals surface area contributed by atoms with Crippen LogP contribution < -0.4 is 14.4 Å². The molecule has 0 spiro atoms. The number of anilines is 1. The number of carbonyl (C=O) groups excluding carboxylic acids is 1. The molecule has 1 aliphatic heterocycles. The Balaban J connectivity index is 2.12. The lowest BCUT2D eigenvalue weighted by Crippen LogP contribution is -2.49. The molecule has 0 fully saturated rings. The highest BCUT2D eigenvalue weighted by Gasteiger charge is 2.36. The van der Waals surface area contributed by atoms with Crippen molar-refractivity contribution >= 4 is 17.2 Å². The van der Waals surface area contributed by atoms with Crippen molar-refractivity contribution in [3.63, 3.8) is 0 Å². The minimum absolute atomic E-state index is 0.147. The number of hydrogen-bond donors (Lipinski definition) is 1. The fourth-order valence-electron chi connectivity index (χ4n) is 3.49. The Bertz CT molecular complexity index is 899. The van der Waals surface area contributed by atoms with Crippen molar-refractivity contribution in [1.82, 2.24) is 0 Å². The first-order valence-corrected chi connectivity index (χ1v) is 8.38. The molecule has 0 atom stereocenters. The summed E-state index contributed by atoms with van der Waals surface area (Å²) in [6.45, 7) is 5.97. The van der Waals surface area contributed by atoms with E-state index in [0.717, 1.165) is 16.8 Å². The number of nitrogens with zero attached hydrogens (tertiary/aromatic N) is 1. The molecule has 1 heterocycles. The van der Waals surface area contributed by atoms with E-state index < -0.39 is 5.54 Å². The van der Waals surface area contributed by atoms with Crippen molar-refractivity contribution in [1.29, 1.82) is 0 Å². The molecule has 0 aliphatic carbocycles. The average Bonchev–Trinajstić information content (AvgIpc) is 2.60. The Kier molecular flexibility index (Phi) is 4.40. The van der Waals surface area contributed by atoms with E-state index >= 15 is 0 Å². The van der Waals surface area contributed by atoms with Gasteiger partial charge < -0.3 is 14.6 Å². The highest BCUT2D eigenvalue weighted by Crippen LogP contribution is 2.41. The smallest absolute Gasteiger partial charge is 0.259 e. The molecule has 1 N–H and O–H groups in total. The van der Waals surface area contributed by atoms with Gasteiger partial charge in [-0.2, -0.15) is 0 Å². The maximum atomic E-state index is 13.4. The zero-order valence-corrected chi connectivity index (χ0v) is 15.7. The number of ether oxygens (including phenoxy) is 2. The molecule has 1 amide bonds. The Morgan fingerprint density at radius 2 is 1.73 bits per heavy atom. The molecule has 2 aromatic carbocycles. The average molecular weight is 353 g/mol. The van der Waals surface area contributed by atoms with Crippen LogP contribution in [0.15, 0.2) is 42.5 Å². The van der Waals surface area contributed by atoms with Gasteiger partial charge in [-0.15, -0.1) is 0 Å². The van der Waals surface area contributed by atoms with E-state index in [-0.39, 0.29) is 11.7 Å². The van der Waals surface area contributed by atoms with Gasteiger partial charge in [0.15, 0.2) is 11.5 Å². The first-order valence-electron chi connectivity index (χ1n) is 8.38. The fraction of sp³-hybridized carbons (Fsp3) is 0.286. The maximum absolute atomic E-state index is 13.4. The summed E-state index contributed by atoms with van der Waals surface area (Å²) in [5.74, 6) is 1.11. The lowest BCUT2D eigenvalue weighted by atomic mass is 9.88. The summed E-state index contributed by atoms with van der Waals surface area (Å²) < 4.78 is 10.6. The molecular formula is C21H23NO4. The Morgan fingerprint density at radius 1 is 1.04 bits per heavy atom. The molecule has 0 unspecified atom stereocenters. The number of allylic oxidation sites excluding steroid dienone is 1. The number of hydrogen-bond acceptors (Lipinski definition) is 4. The van der Waals surface area contributed by atoms with Crippen LogP contribution in [0.4, 0.5) is 5.69 Å². The molecule has 2 aromatic rings. The molecule has 0 bridgehead atoms. The summed E-state index contributed by atoms with van der Waals surface area (Å²) in [4.78, 5) is 15.1. The molecule has 3 rings (SSSR count). The van der Waals surface area contributed by atoms with Crippen LogP contribution >= 0.6 is 0 Å². The van der Waals surface area contributed by atoms with E-state index in [9.17, 15) is 9.90 Å². The van der Waals surface area contributed by atoms with Gasteiger partial charge in [-0.05, 0) is 62.7 Å². The minimum Gasteiger partial charge on any atom is -0.508 e. The van der Waals surface area contributed by atoms with Gasteiger partial charge in [-0.3, -0.25) is 9.69 Å². The van der Waals surface area contributed by atoms with E-state index in [1.54, 1.807) is 55.5 Å². The van der Waals surface area contributed by atoms with Crippen LogP contribution in [0.25, 0.3) is 5.57 Å². The largest absolute Gasteiger partial charge is 0.508 e. The SMILES string of the molecule is COc1ccc(C(=O)N2c3ccc(O)cc3C(C)=CC2(C)C)cc1OC. The molecule has 5 nitrogen and oxygen atoms in total. The fourth-order valence-corrected chi connectivity index (χ4v) is 3.49. The molecule has 0 radical (unpaired) electrons. The Morgan fingerprint density at radius 3 is 2.38 bits per heavy atom. The van der Waals surface area contributed by atoms with Gasteiger partial charge in [-0.25, -0.2) is 0 Å². The second kappa shape index (κ2) is 6.41. The predicted octanol–water partition coefficient (Wildman–Crippen LogP) is 4.25. The van der Waals surface area contributed by atoms with Crippen molar-refractivity contribution in [3.05, 3.63) is 53.6 Å². The molecule has 136 valence electrons. The third-order valence-electron chi connectivity index (χ3n) is 4.63. The Hall–Kier alpha value is -2.95. The van der Waals surface area contributed by atoms with Gasteiger partial charge in [0.1, 0.15) is 5.75 Å². The van der Waals surface area contributed by atoms with E-state index in [1.807, 2.05) is 26.8 Å². The van der Waals surface area contributed by atoms with Gasteiger partial charge in [0, 0.05) is 11.1 Å². The summed E-state index contributed by atoms with van der Waals surface area (Å²) in [6.07, 6.45) is 2.04. The number of fused-ring (bicyclic) bond motifs is 1. The summed E-state index contributed by atoms with van der Waals surface area (Å²) in [5, 5.41) is 9.84. The van der Waals surface area contributed by atoms with Crippen LogP contribution in [-0.4, -0.2) is 30.8 Å². The standard InChI is InChI=1S/C21H23NO4/c1-13-12-21(2,3)22(17-8-7-15(23)11-16(13)17)20(24)14-6-9-18(25-4)19(10-14)26-5/h6-12,23H,1-5H3. The van der Waals surface area contributed by atoms with Crippen LogP contribution in [0.3, 0.4) is 0 Å². The first-order chi connectivity index (χ1) is 12.3. The zero-order valence-electron chi connectivity index (χ0n) is 15.7. The van der Waals surface area contributed by atoms with Crippen molar-refractivity contribution in [2.75, 3.05) is 19.1 Å². The third-order valence-corrected chi connectivity index (χ3v) is 4.63. The van der Waals surface area contributed by atoms with Crippen LogP contribution in [0.5, 0.6) is 17.2 Å². The number of methoxy groups -OCH3 is 2. The number of phenolic OH excluding ortho intramolecular Hbond substituents is 1. The van der Waals surface area contributed by atoms with Gasteiger partial charge in [0.2, 0.25) is 0 Å². The molecule has 0 aromatic heterocycles. The number of rotatable bonds is 3. The molecule has 0 saturated heterocycles. The third kappa shape index (κ3) is 2.90. The van der Waals surface area contributed by atoms with Gasteiger partial charge in [0.05, 0.1) is 25.4 Å². The summed E-state index contributed by atoms with van der Waals surface area (Å²) >= 11 is 0. The molecule has 1 aliphatic rings. The first kappa shape index (κ1) is 17.9. The van der Waals surface area contributed by atoms with E-state index in [4.69, 9.17) is 9.47 Å². The Labute approximate surface area is 153 Å².